The normalized spacial score (nSPS) is 14.8. The largest absolute Gasteiger partial charge is 0.315 e. The van der Waals surface area contributed by atoms with Crippen molar-refractivity contribution < 1.29 is 0 Å². The second-order valence-corrected chi connectivity index (χ2v) is 10.3. The summed E-state index contributed by atoms with van der Waals surface area (Å²) in [7, 11) is 3.13. The molecule has 1 atom stereocenters. The van der Waals surface area contributed by atoms with Gasteiger partial charge in [0.2, 0.25) is 0 Å². The van der Waals surface area contributed by atoms with Crippen molar-refractivity contribution in [2.24, 2.45) is 0 Å². The summed E-state index contributed by atoms with van der Waals surface area (Å²) in [4.78, 5) is 2.28. The molecule has 0 aliphatic heterocycles. The van der Waals surface area contributed by atoms with Crippen molar-refractivity contribution in [1.29, 1.82) is 0 Å². The molecule has 0 saturated carbocycles. The SMILES string of the molecule is C[C@H](c1cc[cH-]c1[Si](C)(C)C)N(C)C. The van der Waals surface area contributed by atoms with Gasteiger partial charge in [-0.15, -0.1) is 0 Å². The molecule has 1 rings (SSSR count). The Hall–Kier alpha value is -0.473. The number of hydrogen-bond acceptors (Lipinski definition) is 1. The summed E-state index contributed by atoms with van der Waals surface area (Å²) in [5.41, 5.74) is 1.52. The first kappa shape index (κ1) is 11.6. The Labute approximate surface area is 89.1 Å². The molecule has 0 aromatic heterocycles. The quantitative estimate of drug-likeness (QED) is 0.545. The lowest BCUT2D eigenvalue weighted by molar-refractivity contribution is 0.322. The molecule has 0 bridgehead atoms. The summed E-state index contributed by atoms with van der Waals surface area (Å²) in [6, 6.07) is 7.31. The molecule has 0 N–H and O–H groups in total. The fraction of sp³-hybridized carbons (Fsp3) is 0.583. The minimum atomic E-state index is -1.16. The van der Waals surface area contributed by atoms with Crippen molar-refractivity contribution >= 4 is 13.3 Å². The van der Waals surface area contributed by atoms with Crippen LogP contribution in [0.1, 0.15) is 18.5 Å². The number of nitrogens with zero attached hydrogens (tertiary/aromatic N) is 1. The van der Waals surface area contributed by atoms with Crippen LogP contribution in [0.25, 0.3) is 0 Å². The minimum absolute atomic E-state index is 0.534. The fourth-order valence-electron chi connectivity index (χ4n) is 1.76. The molecule has 2 heteroatoms. The molecule has 0 unspecified atom stereocenters. The van der Waals surface area contributed by atoms with Crippen LogP contribution in [0.15, 0.2) is 18.2 Å². The summed E-state index contributed by atoms with van der Waals surface area (Å²) in [6.45, 7) is 9.51. The highest BCUT2D eigenvalue weighted by molar-refractivity contribution is 6.89. The van der Waals surface area contributed by atoms with Crippen LogP contribution in [-0.4, -0.2) is 27.1 Å². The van der Waals surface area contributed by atoms with Gasteiger partial charge in [-0.2, -0.15) is 22.9 Å². The van der Waals surface area contributed by atoms with Crippen LogP contribution >= 0.6 is 0 Å². The maximum Gasteiger partial charge on any atom is 0.0507 e. The summed E-state index contributed by atoms with van der Waals surface area (Å²) in [5.74, 6) is 0. The van der Waals surface area contributed by atoms with E-state index in [-0.39, 0.29) is 0 Å². The van der Waals surface area contributed by atoms with Gasteiger partial charge in [-0.05, 0) is 20.1 Å². The molecular formula is C12H22NSi-. The summed E-state index contributed by atoms with van der Waals surface area (Å²) < 4.78 is 0. The fourth-order valence-corrected chi connectivity index (χ4v) is 3.51. The van der Waals surface area contributed by atoms with Gasteiger partial charge in [-0.1, -0.05) is 26.6 Å². The first-order chi connectivity index (χ1) is 6.34. The average molecular weight is 208 g/mol. The molecular weight excluding hydrogens is 186 g/mol. The van der Waals surface area contributed by atoms with Gasteiger partial charge in [0.15, 0.2) is 0 Å². The smallest absolute Gasteiger partial charge is 0.0507 e. The van der Waals surface area contributed by atoms with Crippen molar-refractivity contribution in [3.05, 3.63) is 23.8 Å². The Kier molecular flexibility index (Phi) is 3.27. The van der Waals surface area contributed by atoms with Crippen LogP contribution in [-0.2, 0) is 0 Å². The van der Waals surface area contributed by atoms with Gasteiger partial charge < -0.3 is 4.90 Å². The zero-order valence-electron chi connectivity index (χ0n) is 10.3. The average Bonchev–Trinajstić information content (AvgIpc) is 2.48. The van der Waals surface area contributed by atoms with Gasteiger partial charge in [0, 0.05) is 0 Å². The predicted octanol–water partition coefficient (Wildman–Crippen LogP) is 2.57. The lowest BCUT2D eigenvalue weighted by Gasteiger charge is -2.31. The molecule has 1 aromatic rings. The highest BCUT2D eigenvalue weighted by Gasteiger charge is 2.17. The van der Waals surface area contributed by atoms with E-state index in [0.29, 0.717) is 6.04 Å². The second kappa shape index (κ2) is 3.95. The van der Waals surface area contributed by atoms with E-state index in [0.717, 1.165) is 0 Å². The summed E-state index contributed by atoms with van der Waals surface area (Å²) in [5, 5.41) is 1.61. The Bertz CT molecular complexity index is 294. The van der Waals surface area contributed by atoms with Gasteiger partial charge in [0.05, 0.1) is 8.07 Å². The number of rotatable bonds is 3. The van der Waals surface area contributed by atoms with E-state index in [9.17, 15) is 0 Å². The molecule has 80 valence electrons. The van der Waals surface area contributed by atoms with Crippen molar-refractivity contribution in [2.75, 3.05) is 14.1 Å². The molecule has 0 saturated heterocycles. The van der Waals surface area contributed by atoms with Crippen LogP contribution < -0.4 is 5.19 Å². The van der Waals surface area contributed by atoms with Gasteiger partial charge >= 0.3 is 0 Å². The first-order valence-electron chi connectivity index (χ1n) is 5.26. The molecule has 1 aromatic carbocycles. The third kappa shape index (κ3) is 2.31. The van der Waals surface area contributed by atoms with E-state index in [2.05, 4.69) is 63.8 Å². The van der Waals surface area contributed by atoms with Crippen LogP contribution in [0.5, 0.6) is 0 Å². The third-order valence-electron chi connectivity index (χ3n) is 2.88. The summed E-state index contributed by atoms with van der Waals surface area (Å²) in [6.07, 6.45) is 0. The molecule has 14 heavy (non-hydrogen) atoms. The molecule has 0 spiro atoms. The molecule has 0 amide bonds. The molecule has 0 radical (unpaired) electrons. The zero-order chi connectivity index (χ0) is 10.9. The van der Waals surface area contributed by atoms with E-state index in [1.54, 1.807) is 5.19 Å². The zero-order valence-corrected chi connectivity index (χ0v) is 11.3. The van der Waals surface area contributed by atoms with Gasteiger partial charge in [-0.3, -0.25) is 0 Å². The molecule has 0 fully saturated rings. The second-order valence-electron chi connectivity index (χ2n) is 5.28. The van der Waals surface area contributed by atoms with Crippen molar-refractivity contribution in [3.63, 3.8) is 0 Å². The molecule has 1 nitrogen and oxygen atoms in total. The van der Waals surface area contributed by atoms with Gasteiger partial charge in [0.25, 0.3) is 0 Å². The maximum atomic E-state index is 2.41. The standard InChI is InChI=1S/C12H22NSi/c1-10(13(2)3)11-8-7-9-12(11)14(4,5)6/h7-10H,1-6H3/q-1/t10-/m1/s1. The Morgan fingerprint density at radius 1 is 1.29 bits per heavy atom. The van der Waals surface area contributed by atoms with Crippen molar-refractivity contribution in [2.45, 2.75) is 32.6 Å². The predicted molar refractivity (Wildman–Crippen MR) is 67.1 cm³/mol. The van der Waals surface area contributed by atoms with Crippen LogP contribution in [0.3, 0.4) is 0 Å². The Balaban J connectivity index is 3.05. The van der Waals surface area contributed by atoms with Gasteiger partial charge in [-0.25, -0.2) is 6.07 Å². The molecule has 0 aliphatic rings. The lowest BCUT2D eigenvalue weighted by atomic mass is 10.1. The van der Waals surface area contributed by atoms with Crippen molar-refractivity contribution in [3.8, 4) is 0 Å². The Morgan fingerprint density at radius 3 is 2.29 bits per heavy atom. The molecule has 0 aliphatic carbocycles. The van der Waals surface area contributed by atoms with E-state index in [1.807, 2.05) is 0 Å². The topological polar surface area (TPSA) is 3.24 Å². The summed E-state index contributed by atoms with van der Waals surface area (Å²) >= 11 is 0. The highest BCUT2D eigenvalue weighted by atomic mass is 28.3. The van der Waals surface area contributed by atoms with Crippen LogP contribution in [0.4, 0.5) is 0 Å². The minimum Gasteiger partial charge on any atom is -0.315 e. The van der Waals surface area contributed by atoms with Crippen molar-refractivity contribution in [1.82, 2.24) is 4.90 Å². The van der Waals surface area contributed by atoms with E-state index < -0.39 is 8.07 Å². The maximum absolute atomic E-state index is 2.41. The monoisotopic (exact) mass is 208 g/mol. The van der Waals surface area contributed by atoms with E-state index in [1.165, 1.54) is 5.56 Å². The highest BCUT2D eigenvalue weighted by Crippen LogP contribution is 2.19. The van der Waals surface area contributed by atoms with Crippen LogP contribution in [0, 0.1) is 0 Å². The van der Waals surface area contributed by atoms with Crippen LogP contribution in [0.2, 0.25) is 19.6 Å². The Morgan fingerprint density at radius 2 is 1.86 bits per heavy atom. The molecule has 0 heterocycles. The van der Waals surface area contributed by atoms with E-state index >= 15 is 0 Å². The third-order valence-corrected chi connectivity index (χ3v) is 4.95. The lowest BCUT2D eigenvalue weighted by Crippen LogP contribution is -2.40. The number of hydrogen-bond donors (Lipinski definition) is 0. The first-order valence-corrected chi connectivity index (χ1v) is 8.76. The van der Waals surface area contributed by atoms with Gasteiger partial charge in [0.1, 0.15) is 0 Å². The van der Waals surface area contributed by atoms with E-state index in [4.69, 9.17) is 0 Å².